The number of aliphatic carboxylic acids is 1. The third-order valence-corrected chi connectivity index (χ3v) is 4.36. The topological polar surface area (TPSA) is 62.2 Å². The molecular weight excluding hydrogens is 308 g/mol. The molecule has 0 aliphatic rings. The Hall–Kier alpha value is -1.59. The van der Waals surface area contributed by atoms with Crippen molar-refractivity contribution < 1.29 is 9.90 Å². The third kappa shape index (κ3) is 3.95. The zero-order valence-electron chi connectivity index (χ0n) is 12.1. The van der Waals surface area contributed by atoms with Gasteiger partial charge in [-0.05, 0) is 18.2 Å². The Bertz CT molecular complexity index is 649. The molecule has 0 aliphatic carbocycles. The van der Waals surface area contributed by atoms with Gasteiger partial charge < -0.3 is 10.4 Å². The lowest BCUT2D eigenvalue weighted by Gasteiger charge is -2.16. The van der Waals surface area contributed by atoms with E-state index in [1.165, 1.54) is 11.3 Å². The molecule has 21 heavy (non-hydrogen) atoms. The van der Waals surface area contributed by atoms with Crippen molar-refractivity contribution in [2.45, 2.75) is 32.2 Å². The Kier molecular flexibility index (Phi) is 4.54. The molecular formula is C15H17ClN2O2S. The van der Waals surface area contributed by atoms with E-state index in [-0.39, 0.29) is 5.41 Å². The summed E-state index contributed by atoms with van der Waals surface area (Å²) in [5.41, 5.74) is 1.07. The predicted octanol–water partition coefficient (Wildman–Crippen LogP) is 4.33. The molecule has 0 aliphatic heterocycles. The van der Waals surface area contributed by atoms with Crippen LogP contribution in [0.3, 0.4) is 0 Å². The van der Waals surface area contributed by atoms with Gasteiger partial charge in [-0.2, -0.15) is 0 Å². The summed E-state index contributed by atoms with van der Waals surface area (Å²) in [7, 11) is 0. The zero-order valence-corrected chi connectivity index (χ0v) is 13.6. The fraction of sp³-hybridized carbons (Fsp3) is 0.333. The molecule has 0 radical (unpaired) electrons. The largest absolute Gasteiger partial charge is 0.479 e. The number of thiazole rings is 1. The van der Waals surface area contributed by atoms with Crippen LogP contribution in [-0.4, -0.2) is 16.1 Å². The van der Waals surface area contributed by atoms with E-state index in [1.54, 1.807) is 29.6 Å². The van der Waals surface area contributed by atoms with E-state index in [0.29, 0.717) is 16.4 Å². The van der Waals surface area contributed by atoms with E-state index in [9.17, 15) is 9.90 Å². The van der Waals surface area contributed by atoms with Gasteiger partial charge in [-0.1, -0.05) is 38.4 Å². The lowest BCUT2D eigenvalue weighted by Crippen LogP contribution is -2.21. The molecule has 0 spiro atoms. The summed E-state index contributed by atoms with van der Waals surface area (Å²) in [6.07, 6.45) is 0. The quantitative estimate of drug-likeness (QED) is 0.878. The second-order valence-electron chi connectivity index (χ2n) is 5.75. The van der Waals surface area contributed by atoms with E-state index in [4.69, 9.17) is 11.6 Å². The fourth-order valence-corrected chi connectivity index (χ4v) is 2.89. The van der Waals surface area contributed by atoms with Crippen LogP contribution in [0.15, 0.2) is 29.6 Å². The Balaban J connectivity index is 2.27. The molecule has 1 aromatic carbocycles. The van der Waals surface area contributed by atoms with Crippen molar-refractivity contribution in [1.29, 1.82) is 0 Å². The maximum absolute atomic E-state index is 11.5. The fourth-order valence-electron chi connectivity index (χ4n) is 1.77. The number of nitrogens with zero attached hydrogens (tertiary/aromatic N) is 1. The van der Waals surface area contributed by atoms with Crippen molar-refractivity contribution in [3.63, 3.8) is 0 Å². The van der Waals surface area contributed by atoms with E-state index in [2.05, 4.69) is 31.1 Å². The molecule has 1 unspecified atom stereocenters. The highest BCUT2D eigenvalue weighted by Crippen LogP contribution is 2.29. The van der Waals surface area contributed by atoms with Crippen LogP contribution in [0.25, 0.3) is 0 Å². The number of benzene rings is 1. The van der Waals surface area contributed by atoms with Crippen molar-refractivity contribution in [3.8, 4) is 0 Å². The molecule has 0 amide bonds. The van der Waals surface area contributed by atoms with Crippen LogP contribution in [0.5, 0.6) is 0 Å². The predicted molar refractivity (Wildman–Crippen MR) is 86.3 cm³/mol. The Morgan fingerprint density at radius 2 is 2.14 bits per heavy atom. The molecule has 2 N–H and O–H groups in total. The average molecular weight is 325 g/mol. The van der Waals surface area contributed by atoms with E-state index in [1.807, 2.05) is 0 Å². The molecule has 6 heteroatoms. The summed E-state index contributed by atoms with van der Waals surface area (Å²) in [5, 5.41) is 15.7. The molecule has 4 nitrogen and oxygen atoms in total. The van der Waals surface area contributed by atoms with Crippen LogP contribution in [0.1, 0.15) is 37.5 Å². The highest BCUT2D eigenvalue weighted by molar-refractivity contribution is 7.09. The van der Waals surface area contributed by atoms with Gasteiger partial charge in [0.05, 0.1) is 10.7 Å². The van der Waals surface area contributed by atoms with Crippen molar-refractivity contribution in [3.05, 3.63) is 45.4 Å². The number of aromatic nitrogens is 1. The molecule has 1 heterocycles. The molecule has 0 bridgehead atoms. The van der Waals surface area contributed by atoms with Gasteiger partial charge in [0, 0.05) is 21.5 Å². The minimum absolute atomic E-state index is 0.0952. The van der Waals surface area contributed by atoms with Crippen LogP contribution in [0, 0.1) is 0 Å². The Labute approximate surface area is 132 Å². The Morgan fingerprint density at radius 1 is 1.43 bits per heavy atom. The summed E-state index contributed by atoms with van der Waals surface area (Å²) in [5.74, 6) is -0.972. The van der Waals surface area contributed by atoms with Gasteiger partial charge in [-0.3, -0.25) is 0 Å². The van der Waals surface area contributed by atoms with Gasteiger partial charge >= 0.3 is 5.97 Å². The highest BCUT2D eigenvalue weighted by Gasteiger charge is 2.25. The van der Waals surface area contributed by atoms with Gasteiger partial charge in [0.15, 0.2) is 6.04 Å². The monoisotopic (exact) mass is 324 g/mol. The minimum Gasteiger partial charge on any atom is -0.479 e. The number of hydrogen-bond acceptors (Lipinski definition) is 4. The highest BCUT2D eigenvalue weighted by atomic mass is 35.5. The summed E-state index contributed by atoms with van der Waals surface area (Å²) in [6, 6.07) is 6.08. The zero-order chi connectivity index (χ0) is 15.6. The summed E-state index contributed by atoms with van der Waals surface area (Å²) >= 11 is 7.39. The maximum Gasteiger partial charge on any atom is 0.332 e. The first-order valence-electron chi connectivity index (χ1n) is 6.48. The number of rotatable bonds is 4. The third-order valence-electron chi connectivity index (χ3n) is 2.84. The number of carboxylic acids is 1. The number of hydrogen-bond donors (Lipinski definition) is 2. The van der Waals surface area contributed by atoms with Crippen LogP contribution in [0.4, 0.5) is 5.69 Å². The van der Waals surface area contributed by atoms with Crippen molar-refractivity contribution in [2.75, 3.05) is 5.32 Å². The summed E-state index contributed by atoms with van der Waals surface area (Å²) in [4.78, 5) is 16.0. The first-order valence-corrected chi connectivity index (χ1v) is 7.74. The second kappa shape index (κ2) is 6.03. The molecule has 0 fully saturated rings. The molecule has 2 rings (SSSR count). The van der Waals surface area contributed by atoms with E-state index >= 15 is 0 Å². The van der Waals surface area contributed by atoms with E-state index in [0.717, 1.165) is 5.01 Å². The number of halogens is 1. The van der Waals surface area contributed by atoms with Crippen molar-refractivity contribution in [1.82, 2.24) is 4.98 Å². The molecule has 2 aromatic rings. The van der Waals surface area contributed by atoms with Gasteiger partial charge in [0.2, 0.25) is 0 Å². The number of nitrogens with one attached hydrogen (secondary N) is 1. The van der Waals surface area contributed by atoms with Gasteiger partial charge in [0.1, 0.15) is 0 Å². The van der Waals surface area contributed by atoms with Crippen LogP contribution in [-0.2, 0) is 10.2 Å². The van der Waals surface area contributed by atoms with E-state index < -0.39 is 12.0 Å². The minimum atomic E-state index is -0.972. The first kappa shape index (κ1) is 15.8. The number of anilines is 1. The molecule has 1 atom stereocenters. The standard InChI is InChI=1S/C15H17ClN2O2S/c1-15(2,3)14-18-11(8-21-14)12(13(19)20)17-10-6-4-5-9(16)7-10/h4-8,12,17H,1-3H3,(H,19,20). The molecule has 112 valence electrons. The van der Waals surface area contributed by atoms with Crippen molar-refractivity contribution in [2.24, 2.45) is 0 Å². The summed E-state index contributed by atoms with van der Waals surface area (Å²) in [6.45, 7) is 6.15. The average Bonchev–Trinajstić information content (AvgIpc) is 2.84. The number of carboxylic acid groups (broad SMARTS) is 1. The van der Waals surface area contributed by atoms with Crippen LogP contribution >= 0.6 is 22.9 Å². The SMILES string of the molecule is CC(C)(C)c1nc(C(Nc2cccc(Cl)c2)C(=O)O)cs1. The first-order chi connectivity index (χ1) is 9.77. The maximum atomic E-state index is 11.5. The second-order valence-corrected chi connectivity index (χ2v) is 7.05. The van der Waals surface area contributed by atoms with Gasteiger partial charge in [0.25, 0.3) is 0 Å². The van der Waals surface area contributed by atoms with Crippen LogP contribution < -0.4 is 5.32 Å². The van der Waals surface area contributed by atoms with Crippen LogP contribution in [0.2, 0.25) is 5.02 Å². The lowest BCUT2D eigenvalue weighted by atomic mass is 9.98. The summed E-state index contributed by atoms with van der Waals surface area (Å²) < 4.78 is 0. The normalized spacial score (nSPS) is 13.0. The lowest BCUT2D eigenvalue weighted by molar-refractivity contribution is -0.138. The molecule has 1 aromatic heterocycles. The van der Waals surface area contributed by atoms with Gasteiger partial charge in [-0.25, -0.2) is 9.78 Å². The van der Waals surface area contributed by atoms with Crippen molar-refractivity contribution >= 4 is 34.6 Å². The molecule has 0 saturated carbocycles. The molecule has 0 saturated heterocycles. The Morgan fingerprint density at radius 3 is 2.67 bits per heavy atom. The number of carbonyl (C=O) groups is 1. The van der Waals surface area contributed by atoms with Gasteiger partial charge in [-0.15, -0.1) is 11.3 Å². The smallest absolute Gasteiger partial charge is 0.332 e.